The van der Waals surface area contributed by atoms with Crippen molar-refractivity contribution in [2.45, 2.75) is 225 Å². The minimum absolute atomic E-state index is 0.0646. The van der Waals surface area contributed by atoms with E-state index in [2.05, 4.69) is 19.2 Å². The fraction of sp³-hybridized carbons (Fsp3) is 0.932. The molecule has 53 heavy (non-hydrogen) atoms. The number of aliphatic hydroxyl groups excluding tert-OH is 1. The number of hydrogen-bond acceptors (Lipinski definition) is 5. The lowest BCUT2D eigenvalue weighted by Crippen LogP contribution is -2.45. The van der Waals surface area contributed by atoms with Crippen molar-refractivity contribution < 1.29 is 32.9 Å². The molecule has 0 aromatic heterocycles. The first-order valence-corrected chi connectivity index (χ1v) is 24.1. The number of hydrogen-bond donors (Lipinski definition) is 3. The Labute approximate surface area is 329 Å². The van der Waals surface area contributed by atoms with Gasteiger partial charge >= 0.3 is 7.82 Å². The number of amides is 1. The highest BCUT2D eigenvalue weighted by molar-refractivity contribution is 7.47. The van der Waals surface area contributed by atoms with E-state index in [1.54, 1.807) is 6.08 Å². The first-order valence-electron chi connectivity index (χ1n) is 22.6. The molecule has 1 amide bonds. The van der Waals surface area contributed by atoms with Gasteiger partial charge < -0.3 is 19.8 Å². The molecule has 3 atom stereocenters. The topological polar surface area (TPSA) is 105 Å². The Morgan fingerprint density at radius 3 is 1.40 bits per heavy atom. The highest BCUT2D eigenvalue weighted by Gasteiger charge is 2.27. The maximum Gasteiger partial charge on any atom is 0.472 e. The summed E-state index contributed by atoms with van der Waals surface area (Å²) in [5, 5.41) is 13.8. The molecule has 0 saturated carbocycles. The van der Waals surface area contributed by atoms with Crippen molar-refractivity contribution in [2.24, 2.45) is 0 Å². The van der Waals surface area contributed by atoms with Crippen LogP contribution in [0.2, 0.25) is 0 Å². The minimum atomic E-state index is -4.33. The molecule has 0 aliphatic heterocycles. The summed E-state index contributed by atoms with van der Waals surface area (Å²) in [6.45, 7) is 4.83. The first kappa shape index (κ1) is 52.2. The number of allylic oxidation sites excluding steroid dienone is 1. The summed E-state index contributed by atoms with van der Waals surface area (Å²) in [5.41, 5.74) is 0. The molecule has 0 rings (SSSR count). The predicted octanol–water partition coefficient (Wildman–Crippen LogP) is 12.4. The predicted molar refractivity (Wildman–Crippen MR) is 226 cm³/mol. The van der Waals surface area contributed by atoms with E-state index in [1.807, 2.05) is 27.2 Å². The molecule has 0 aromatic carbocycles. The van der Waals surface area contributed by atoms with Crippen molar-refractivity contribution in [3.8, 4) is 0 Å². The van der Waals surface area contributed by atoms with Crippen molar-refractivity contribution in [1.29, 1.82) is 0 Å². The molecule has 0 radical (unpaired) electrons. The van der Waals surface area contributed by atoms with E-state index in [1.165, 1.54) is 161 Å². The Morgan fingerprint density at radius 1 is 0.623 bits per heavy atom. The number of aliphatic hydroxyl groups is 1. The number of carbonyl (C=O) groups is 1. The third kappa shape index (κ3) is 39.3. The Balaban J connectivity index is 4.40. The maximum absolute atomic E-state index is 12.9. The molecule has 0 spiro atoms. The second-order valence-electron chi connectivity index (χ2n) is 16.8. The summed E-state index contributed by atoms with van der Waals surface area (Å²) in [6.07, 6.45) is 41.3. The summed E-state index contributed by atoms with van der Waals surface area (Å²) < 4.78 is 23.6. The average molecular weight is 774 g/mol. The quantitative estimate of drug-likeness (QED) is 0.0247. The molecule has 9 heteroatoms. The van der Waals surface area contributed by atoms with Crippen LogP contribution >= 0.6 is 7.82 Å². The van der Waals surface area contributed by atoms with E-state index >= 15 is 0 Å². The summed E-state index contributed by atoms with van der Waals surface area (Å²) >= 11 is 0. The highest BCUT2D eigenvalue weighted by Crippen LogP contribution is 2.43. The molecule has 0 aliphatic rings. The van der Waals surface area contributed by atoms with Gasteiger partial charge in [-0.05, 0) is 19.3 Å². The second kappa shape index (κ2) is 36.9. The van der Waals surface area contributed by atoms with Crippen LogP contribution in [0.4, 0.5) is 0 Å². The summed E-state index contributed by atoms with van der Waals surface area (Å²) in [7, 11) is 1.58. The third-order valence-electron chi connectivity index (χ3n) is 10.3. The molecule has 0 aliphatic carbocycles. The smallest absolute Gasteiger partial charge is 0.387 e. The molecule has 0 aromatic rings. The summed E-state index contributed by atoms with van der Waals surface area (Å²) in [4.78, 5) is 23.1. The lowest BCUT2D eigenvalue weighted by Gasteiger charge is -2.25. The Hall–Kier alpha value is -0.760. The molecule has 0 saturated heterocycles. The molecule has 1 unspecified atom stereocenters. The van der Waals surface area contributed by atoms with Crippen LogP contribution < -0.4 is 5.32 Å². The zero-order valence-electron chi connectivity index (χ0n) is 35.8. The zero-order valence-corrected chi connectivity index (χ0v) is 36.7. The number of rotatable bonds is 41. The average Bonchev–Trinajstić information content (AvgIpc) is 3.10. The fourth-order valence-electron chi connectivity index (χ4n) is 6.63. The molecule has 0 heterocycles. The van der Waals surface area contributed by atoms with Crippen molar-refractivity contribution in [3.63, 3.8) is 0 Å². The molecular formula is C44H90N2O6P+. The number of nitrogens with one attached hydrogen (secondary N) is 1. The van der Waals surface area contributed by atoms with Crippen molar-refractivity contribution in [2.75, 3.05) is 40.9 Å². The minimum Gasteiger partial charge on any atom is -0.387 e. The van der Waals surface area contributed by atoms with Gasteiger partial charge in [0.05, 0.1) is 39.9 Å². The molecule has 3 N–H and O–H groups in total. The van der Waals surface area contributed by atoms with Crippen LogP contribution in [0.15, 0.2) is 12.2 Å². The van der Waals surface area contributed by atoms with E-state index in [0.717, 1.165) is 32.1 Å². The monoisotopic (exact) mass is 774 g/mol. The van der Waals surface area contributed by atoms with Gasteiger partial charge in [-0.2, -0.15) is 0 Å². The normalized spacial score (nSPS) is 14.5. The Kier molecular flexibility index (Phi) is 36.3. The fourth-order valence-corrected chi connectivity index (χ4v) is 7.37. The number of likely N-dealkylation sites (N-methyl/N-ethyl adjacent to an activating group) is 1. The van der Waals surface area contributed by atoms with Gasteiger partial charge in [-0.25, -0.2) is 4.57 Å². The van der Waals surface area contributed by atoms with Crippen LogP contribution in [-0.4, -0.2) is 73.4 Å². The van der Waals surface area contributed by atoms with Crippen LogP contribution in [0.5, 0.6) is 0 Å². The SMILES string of the molecule is CCCCCCCCCCCCCCCC/C=C/[C@@H](O)[C@H](COP(=O)(O)OCC[N+](C)(C)C)NC(=O)CCCCCCCCCCCCCCCCC. The standard InChI is InChI=1S/C44H89N2O6P/c1-6-8-10-12-14-16-18-20-22-24-25-27-29-31-33-35-37-43(47)42(41-52-53(49,50)51-40-39-46(3,4)5)45-44(48)38-36-34-32-30-28-26-23-21-19-17-15-13-11-9-7-2/h35,37,42-43,47H,6-34,36,38-41H2,1-5H3,(H-,45,48,49,50)/p+1/b37-35+/t42-,43+/m0/s1. The van der Waals surface area contributed by atoms with Gasteiger partial charge in [-0.3, -0.25) is 13.8 Å². The van der Waals surface area contributed by atoms with Gasteiger partial charge in [-0.1, -0.05) is 199 Å². The van der Waals surface area contributed by atoms with Gasteiger partial charge in [0.2, 0.25) is 5.91 Å². The van der Waals surface area contributed by atoms with E-state index in [-0.39, 0.29) is 19.1 Å². The van der Waals surface area contributed by atoms with Gasteiger partial charge in [0.25, 0.3) is 0 Å². The van der Waals surface area contributed by atoms with Crippen molar-refractivity contribution in [3.05, 3.63) is 12.2 Å². The highest BCUT2D eigenvalue weighted by atomic mass is 31.2. The zero-order chi connectivity index (χ0) is 39.3. The number of unbranched alkanes of at least 4 members (excludes halogenated alkanes) is 28. The van der Waals surface area contributed by atoms with Crippen LogP contribution in [0.25, 0.3) is 0 Å². The number of phosphoric acid groups is 1. The molecule has 0 bridgehead atoms. The number of phosphoric ester groups is 1. The summed E-state index contributed by atoms with van der Waals surface area (Å²) in [6, 6.07) is -0.839. The molecule has 8 nitrogen and oxygen atoms in total. The van der Waals surface area contributed by atoms with Crippen molar-refractivity contribution >= 4 is 13.7 Å². The first-order chi connectivity index (χ1) is 25.5. The van der Waals surface area contributed by atoms with E-state index < -0.39 is 20.0 Å². The van der Waals surface area contributed by atoms with E-state index in [9.17, 15) is 19.4 Å². The largest absolute Gasteiger partial charge is 0.472 e. The summed E-state index contributed by atoms with van der Waals surface area (Å²) in [5.74, 6) is -0.175. The van der Waals surface area contributed by atoms with Crippen LogP contribution in [0, 0.1) is 0 Å². The Morgan fingerprint density at radius 2 is 1.00 bits per heavy atom. The van der Waals surface area contributed by atoms with Crippen LogP contribution in [0.1, 0.15) is 213 Å². The van der Waals surface area contributed by atoms with Crippen LogP contribution in [-0.2, 0) is 18.4 Å². The number of quaternary nitrogens is 1. The molecule has 316 valence electrons. The third-order valence-corrected chi connectivity index (χ3v) is 11.2. The van der Waals surface area contributed by atoms with Gasteiger partial charge in [0, 0.05) is 6.42 Å². The van der Waals surface area contributed by atoms with E-state index in [0.29, 0.717) is 17.4 Å². The van der Waals surface area contributed by atoms with Gasteiger partial charge in [0.15, 0.2) is 0 Å². The Bertz CT molecular complexity index is 880. The van der Waals surface area contributed by atoms with Crippen molar-refractivity contribution in [1.82, 2.24) is 5.32 Å². The maximum atomic E-state index is 12.9. The van der Waals surface area contributed by atoms with Crippen LogP contribution in [0.3, 0.4) is 0 Å². The van der Waals surface area contributed by atoms with Gasteiger partial charge in [0.1, 0.15) is 13.2 Å². The molecular weight excluding hydrogens is 683 g/mol. The number of carbonyl (C=O) groups excluding carboxylic acids is 1. The number of nitrogens with zero attached hydrogens (tertiary/aromatic N) is 1. The van der Waals surface area contributed by atoms with Gasteiger partial charge in [-0.15, -0.1) is 0 Å². The second-order valence-corrected chi connectivity index (χ2v) is 18.2. The lowest BCUT2D eigenvalue weighted by molar-refractivity contribution is -0.870. The van der Waals surface area contributed by atoms with E-state index in [4.69, 9.17) is 9.05 Å². The molecule has 0 fully saturated rings. The lowest BCUT2D eigenvalue weighted by atomic mass is 10.0.